The second kappa shape index (κ2) is 6.57. The molecule has 4 rings (SSSR count). The lowest BCUT2D eigenvalue weighted by molar-refractivity contribution is 0.780. The SMILES string of the molecule is Cc1cc(C)cc(-c2nn(-c3ccccc3Cl)c3c2CCCCN3)c1. The number of anilines is 1. The summed E-state index contributed by atoms with van der Waals surface area (Å²) in [5.41, 5.74) is 6.99. The Labute approximate surface area is 153 Å². The first kappa shape index (κ1) is 16.2. The Morgan fingerprint density at radius 1 is 1.04 bits per heavy atom. The molecule has 0 unspecified atom stereocenters. The highest BCUT2D eigenvalue weighted by Gasteiger charge is 2.22. The molecule has 0 amide bonds. The van der Waals surface area contributed by atoms with E-state index in [4.69, 9.17) is 16.7 Å². The maximum Gasteiger partial charge on any atom is 0.133 e. The van der Waals surface area contributed by atoms with Gasteiger partial charge in [0.2, 0.25) is 0 Å². The molecule has 0 aliphatic carbocycles. The van der Waals surface area contributed by atoms with Crippen LogP contribution in [0.2, 0.25) is 5.02 Å². The molecule has 4 heteroatoms. The minimum Gasteiger partial charge on any atom is -0.370 e. The molecule has 1 aliphatic heterocycles. The third-order valence-electron chi connectivity index (χ3n) is 4.71. The fourth-order valence-corrected chi connectivity index (χ4v) is 3.86. The normalized spacial score (nSPS) is 13.9. The smallest absolute Gasteiger partial charge is 0.133 e. The molecule has 0 atom stereocenters. The van der Waals surface area contributed by atoms with Crippen LogP contribution in [0, 0.1) is 13.8 Å². The highest BCUT2D eigenvalue weighted by molar-refractivity contribution is 6.32. The molecule has 0 bridgehead atoms. The van der Waals surface area contributed by atoms with Crippen LogP contribution >= 0.6 is 11.6 Å². The van der Waals surface area contributed by atoms with Crippen molar-refractivity contribution in [2.24, 2.45) is 0 Å². The average molecular weight is 352 g/mol. The van der Waals surface area contributed by atoms with Crippen molar-refractivity contribution < 1.29 is 0 Å². The zero-order chi connectivity index (χ0) is 17.4. The molecule has 0 spiro atoms. The maximum absolute atomic E-state index is 6.46. The summed E-state index contributed by atoms with van der Waals surface area (Å²) in [5, 5.41) is 9.28. The number of nitrogens with one attached hydrogen (secondary N) is 1. The van der Waals surface area contributed by atoms with Gasteiger partial charge in [-0.1, -0.05) is 40.9 Å². The molecule has 25 heavy (non-hydrogen) atoms. The zero-order valence-electron chi connectivity index (χ0n) is 14.6. The van der Waals surface area contributed by atoms with Crippen molar-refractivity contribution in [3.8, 4) is 16.9 Å². The van der Waals surface area contributed by atoms with E-state index in [0.717, 1.165) is 30.2 Å². The summed E-state index contributed by atoms with van der Waals surface area (Å²) in [7, 11) is 0. The average Bonchev–Trinajstić information content (AvgIpc) is 2.76. The van der Waals surface area contributed by atoms with E-state index in [1.165, 1.54) is 35.1 Å². The first-order valence-corrected chi connectivity index (χ1v) is 9.20. The van der Waals surface area contributed by atoms with Gasteiger partial charge in [0.25, 0.3) is 0 Å². The number of hydrogen-bond acceptors (Lipinski definition) is 2. The van der Waals surface area contributed by atoms with Crippen LogP contribution < -0.4 is 5.32 Å². The van der Waals surface area contributed by atoms with Crippen LogP contribution in [-0.2, 0) is 6.42 Å². The van der Waals surface area contributed by atoms with Crippen molar-refractivity contribution in [2.75, 3.05) is 11.9 Å². The number of nitrogens with zero attached hydrogens (tertiary/aromatic N) is 2. The molecule has 0 radical (unpaired) electrons. The monoisotopic (exact) mass is 351 g/mol. The third kappa shape index (κ3) is 3.05. The van der Waals surface area contributed by atoms with Crippen LogP contribution in [0.5, 0.6) is 0 Å². The number of rotatable bonds is 2. The predicted molar refractivity (Wildman–Crippen MR) is 105 cm³/mol. The summed E-state index contributed by atoms with van der Waals surface area (Å²) in [6, 6.07) is 14.5. The van der Waals surface area contributed by atoms with Crippen molar-refractivity contribution in [3.05, 3.63) is 64.2 Å². The van der Waals surface area contributed by atoms with Crippen LogP contribution in [0.25, 0.3) is 16.9 Å². The van der Waals surface area contributed by atoms with Crippen LogP contribution in [0.1, 0.15) is 29.5 Å². The Morgan fingerprint density at radius 3 is 2.56 bits per heavy atom. The van der Waals surface area contributed by atoms with Gasteiger partial charge in [0, 0.05) is 17.7 Å². The van der Waals surface area contributed by atoms with E-state index in [0.29, 0.717) is 5.02 Å². The molecular weight excluding hydrogens is 330 g/mol. The van der Waals surface area contributed by atoms with Gasteiger partial charge in [-0.25, -0.2) is 4.68 Å². The topological polar surface area (TPSA) is 29.9 Å². The second-order valence-corrected chi connectivity index (χ2v) is 7.21. The van der Waals surface area contributed by atoms with E-state index < -0.39 is 0 Å². The molecule has 1 aromatic heterocycles. The molecule has 2 aromatic carbocycles. The van der Waals surface area contributed by atoms with Gasteiger partial charge in [-0.05, 0) is 57.4 Å². The van der Waals surface area contributed by atoms with E-state index in [9.17, 15) is 0 Å². The largest absolute Gasteiger partial charge is 0.370 e. The fourth-order valence-electron chi connectivity index (χ4n) is 3.64. The molecule has 1 aliphatic rings. The standard InChI is InChI=1S/C21H22ClN3/c1-14-11-15(2)13-16(12-14)20-17-7-5-6-10-23-21(17)25(24-20)19-9-4-3-8-18(19)22/h3-4,8-9,11-13,23H,5-7,10H2,1-2H3. The van der Waals surface area contributed by atoms with E-state index in [1.807, 2.05) is 28.9 Å². The van der Waals surface area contributed by atoms with Gasteiger partial charge in [0.15, 0.2) is 0 Å². The molecule has 128 valence electrons. The Bertz CT molecular complexity index is 907. The van der Waals surface area contributed by atoms with Crippen LogP contribution in [-0.4, -0.2) is 16.3 Å². The Morgan fingerprint density at radius 2 is 1.80 bits per heavy atom. The van der Waals surface area contributed by atoms with Gasteiger partial charge in [0.1, 0.15) is 5.82 Å². The molecule has 3 nitrogen and oxygen atoms in total. The quantitative estimate of drug-likeness (QED) is 0.655. The molecule has 0 saturated heterocycles. The fraction of sp³-hybridized carbons (Fsp3) is 0.286. The van der Waals surface area contributed by atoms with Crippen molar-refractivity contribution in [1.29, 1.82) is 0 Å². The highest BCUT2D eigenvalue weighted by Crippen LogP contribution is 2.36. The van der Waals surface area contributed by atoms with Gasteiger partial charge in [-0.15, -0.1) is 0 Å². The van der Waals surface area contributed by atoms with Gasteiger partial charge >= 0.3 is 0 Å². The number of aryl methyl sites for hydroxylation is 2. The number of hydrogen-bond donors (Lipinski definition) is 1. The summed E-state index contributed by atoms with van der Waals surface area (Å²) in [5.74, 6) is 1.08. The molecule has 3 aromatic rings. The summed E-state index contributed by atoms with van der Waals surface area (Å²) in [6.07, 6.45) is 3.38. The second-order valence-electron chi connectivity index (χ2n) is 6.80. The number of halogens is 1. The number of fused-ring (bicyclic) bond motifs is 1. The Hall–Kier alpha value is -2.26. The van der Waals surface area contributed by atoms with Gasteiger partial charge < -0.3 is 5.32 Å². The van der Waals surface area contributed by atoms with Crippen LogP contribution in [0.4, 0.5) is 5.82 Å². The van der Waals surface area contributed by atoms with Crippen LogP contribution in [0.15, 0.2) is 42.5 Å². The van der Waals surface area contributed by atoms with E-state index >= 15 is 0 Å². The number of benzene rings is 2. The summed E-state index contributed by atoms with van der Waals surface area (Å²) in [6.45, 7) is 5.24. The van der Waals surface area contributed by atoms with Crippen molar-refractivity contribution in [1.82, 2.24) is 9.78 Å². The Balaban J connectivity index is 1.95. The minimum absolute atomic E-state index is 0.714. The highest BCUT2D eigenvalue weighted by atomic mass is 35.5. The lowest BCUT2D eigenvalue weighted by Gasteiger charge is -2.10. The van der Waals surface area contributed by atoms with Gasteiger partial charge in [-0.2, -0.15) is 5.10 Å². The van der Waals surface area contributed by atoms with Gasteiger partial charge in [-0.3, -0.25) is 0 Å². The van der Waals surface area contributed by atoms with E-state index in [1.54, 1.807) is 0 Å². The lowest BCUT2D eigenvalue weighted by Crippen LogP contribution is -2.07. The van der Waals surface area contributed by atoms with Crippen molar-refractivity contribution in [2.45, 2.75) is 33.1 Å². The Kier molecular flexibility index (Phi) is 4.26. The first-order valence-electron chi connectivity index (χ1n) is 8.83. The third-order valence-corrected chi connectivity index (χ3v) is 5.02. The predicted octanol–water partition coefficient (Wildman–Crippen LogP) is 5.56. The van der Waals surface area contributed by atoms with Gasteiger partial charge in [0.05, 0.1) is 16.4 Å². The maximum atomic E-state index is 6.46. The van der Waals surface area contributed by atoms with E-state index in [-0.39, 0.29) is 0 Å². The minimum atomic E-state index is 0.714. The molecule has 1 N–H and O–H groups in total. The number of para-hydroxylation sites is 1. The lowest BCUT2D eigenvalue weighted by atomic mass is 10.00. The van der Waals surface area contributed by atoms with Crippen molar-refractivity contribution >= 4 is 17.4 Å². The number of aromatic nitrogens is 2. The van der Waals surface area contributed by atoms with Crippen molar-refractivity contribution in [3.63, 3.8) is 0 Å². The zero-order valence-corrected chi connectivity index (χ0v) is 15.4. The molecule has 0 fully saturated rings. The summed E-state index contributed by atoms with van der Waals surface area (Å²) < 4.78 is 1.98. The first-order chi connectivity index (χ1) is 12.1. The molecule has 0 saturated carbocycles. The summed E-state index contributed by atoms with van der Waals surface area (Å²) in [4.78, 5) is 0. The molecule has 2 heterocycles. The summed E-state index contributed by atoms with van der Waals surface area (Å²) >= 11 is 6.46. The van der Waals surface area contributed by atoms with E-state index in [2.05, 4.69) is 37.4 Å². The van der Waals surface area contributed by atoms with Crippen LogP contribution in [0.3, 0.4) is 0 Å². The molecular formula is C21H22ClN3.